The zero-order valence-corrected chi connectivity index (χ0v) is 18.8. The van der Waals surface area contributed by atoms with Crippen LogP contribution in [0, 0.1) is 17.3 Å². The van der Waals surface area contributed by atoms with E-state index in [1.54, 1.807) is 26.8 Å². The van der Waals surface area contributed by atoms with Gasteiger partial charge in [0.2, 0.25) is 14.6 Å². The van der Waals surface area contributed by atoms with Gasteiger partial charge in [0.25, 0.3) is 0 Å². The van der Waals surface area contributed by atoms with Gasteiger partial charge in [-0.15, -0.1) is 0 Å². The molecule has 0 aromatic heterocycles. The lowest BCUT2D eigenvalue weighted by Crippen LogP contribution is -2.65. The molecule has 1 saturated heterocycles. The minimum atomic E-state index is -5.23. The lowest BCUT2D eigenvalue weighted by atomic mass is 9.84. The Labute approximate surface area is 176 Å². The Balaban J connectivity index is 3.11. The predicted octanol–water partition coefficient (Wildman–Crippen LogP) is 4.91. The van der Waals surface area contributed by atoms with Crippen molar-refractivity contribution in [3.05, 3.63) is 42.5 Å². The van der Waals surface area contributed by atoms with Crippen LogP contribution < -0.4 is 0 Å². The first-order chi connectivity index (χ1) is 13.5. The van der Waals surface area contributed by atoms with Gasteiger partial charge >= 0.3 is 12.0 Å². The molecule has 1 heterocycles. The zero-order valence-electron chi connectivity index (χ0n) is 18.0. The van der Waals surface area contributed by atoms with Crippen molar-refractivity contribution >= 4 is 9.84 Å². The van der Waals surface area contributed by atoms with Crippen LogP contribution in [0.25, 0.3) is 0 Å². The van der Waals surface area contributed by atoms with Gasteiger partial charge in [-0.2, -0.15) is 13.2 Å². The predicted molar refractivity (Wildman–Crippen MR) is 108 cm³/mol. The van der Waals surface area contributed by atoms with Crippen molar-refractivity contribution in [2.24, 2.45) is 5.41 Å². The molecule has 0 radical (unpaired) electrons. The Kier molecular flexibility index (Phi) is 6.03. The van der Waals surface area contributed by atoms with Gasteiger partial charge in [0.1, 0.15) is 0 Å². The van der Waals surface area contributed by atoms with Crippen LogP contribution in [0.3, 0.4) is 0 Å². The SMILES string of the molecule is C=C1C(C)(C)O[C@](OCC)(C(F)(F)F)[C@]1(C#CC(C)(C)C)S(=O)(=O)c1ccccc1. The van der Waals surface area contributed by atoms with Crippen molar-refractivity contribution < 1.29 is 31.1 Å². The van der Waals surface area contributed by atoms with E-state index in [2.05, 4.69) is 18.4 Å². The van der Waals surface area contributed by atoms with Gasteiger partial charge in [-0.05, 0) is 59.2 Å². The van der Waals surface area contributed by atoms with Gasteiger partial charge in [0, 0.05) is 12.0 Å². The molecule has 30 heavy (non-hydrogen) atoms. The maximum Gasteiger partial charge on any atom is 0.446 e. The molecule has 1 aromatic carbocycles. The van der Waals surface area contributed by atoms with Crippen molar-refractivity contribution in [2.75, 3.05) is 6.61 Å². The van der Waals surface area contributed by atoms with Gasteiger partial charge in [0.15, 0.2) is 0 Å². The first-order valence-electron chi connectivity index (χ1n) is 9.43. The highest BCUT2D eigenvalue weighted by molar-refractivity contribution is 7.93. The molecule has 0 aliphatic carbocycles. The van der Waals surface area contributed by atoms with E-state index >= 15 is 0 Å². The summed E-state index contributed by atoms with van der Waals surface area (Å²) in [6.45, 7) is 12.3. The molecule has 2 atom stereocenters. The molecule has 1 aromatic rings. The number of alkyl halides is 3. The molecule has 2 rings (SSSR count). The summed E-state index contributed by atoms with van der Waals surface area (Å²) in [6.07, 6.45) is -5.23. The van der Waals surface area contributed by atoms with Gasteiger partial charge in [-0.1, -0.05) is 36.6 Å². The van der Waals surface area contributed by atoms with E-state index < -0.39 is 44.2 Å². The Hall–Kier alpha value is -1.82. The minimum absolute atomic E-state index is 0.330. The maximum absolute atomic E-state index is 14.7. The van der Waals surface area contributed by atoms with Gasteiger partial charge < -0.3 is 9.47 Å². The number of hydrogen-bond donors (Lipinski definition) is 0. The molecule has 166 valence electrons. The molecule has 8 heteroatoms. The van der Waals surface area contributed by atoms with Gasteiger partial charge in [-0.25, -0.2) is 8.42 Å². The molecule has 0 saturated carbocycles. The molecule has 1 fully saturated rings. The van der Waals surface area contributed by atoms with E-state index in [0.29, 0.717) is 0 Å². The molecule has 0 amide bonds. The van der Waals surface area contributed by atoms with Crippen LogP contribution in [-0.4, -0.2) is 37.3 Å². The highest BCUT2D eigenvalue weighted by Crippen LogP contribution is 2.60. The van der Waals surface area contributed by atoms with Gasteiger partial charge in [-0.3, -0.25) is 0 Å². The first-order valence-corrected chi connectivity index (χ1v) is 10.9. The second-order valence-electron chi connectivity index (χ2n) is 8.64. The molecule has 0 bridgehead atoms. The summed E-state index contributed by atoms with van der Waals surface area (Å²) in [4.78, 5) is -0.330. The zero-order chi connectivity index (χ0) is 23.2. The summed E-state index contributed by atoms with van der Waals surface area (Å²) in [5.41, 5.74) is -2.81. The summed E-state index contributed by atoms with van der Waals surface area (Å²) in [7, 11) is -4.80. The Bertz CT molecular complexity index is 979. The van der Waals surface area contributed by atoms with Crippen molar-refractivity contribution in [3.8, 4) is 11.8 Å². The van der Waals surface area contributed by atoms with E-state index in [4.69, 9.17) is 9.47 Å². The summed E-state index contributed by atoms with van der Waals surface area (Å²) >= 11 is 0. The molecule has 0 N–H and O–H groups in total. The number of hydrogen-bond acceptors (Lipinski definition) is 4. The molecule has 0 unspecified atom stereocenters. The number of sulfone groups is 1. The second-order valence-corrected chi connectivity index (χ2v) is 10.7. The van der Waals surface area contributed by atoms with Crippen LogP contribution >= 0.6 is 0 Å². The van der Waals surface area contributed by atoms with Crippen LogP contribution in [0.4, 0.5) is 13.2 Å². The molecule has 1 aliphatic rings. The van der Waals surface area contributed by atoms with Crippen molar-refractivity contribution in [3.63, 3.8) is 0 Å². The Morgan fingerprint density at radius 1 is 1.13 bits per heavy atom. The number of ether oxygens (including phenoxy) is 2. The van der Waals surface area contributed by atoms with E-state index in [0.717, 1.165) is 0 Å². The fourth-order valence-electron chi connectivity index (χ4n) is 3.40. The standard InChI is InChI=1S/C22H27F3O4S/c1-8-28-21(22(23,24)25)20(15-14-18(3,4)5,16(2)19(6,7)29-21)30(26,27)17-12-10-9-11-13-17/h9-13H,2,8H2,1,3-7H3/t20-,21+/m1/s1. The fraction of sp³-hybridized carbons (Fsp3) is 0.545. The van der Waals surface area contributed by atoms with Crippen LogP contribution in [-0.2, 0) is 19.3 Å². The summed E-state index contributed by atoms with van der Waals surface area (Å²) in [6, 6.07) is 6.87. The third-order valence-corrected chi connectivity index (χ3v) is 7.12. The fourth-order valence-corrected chi connectivity index (χ4v) is 5.60. The normalized spacial score (nSPS) is 26.9. The second kappa shape index (κ2) is 7.40. The first kappa shape index (κ1) is 24.4. The van der Waals surface area contributed by atoms with Gasteiger partial charge in [0.05, 0.1) is 10.5 Å². The summed E-state index contributed by atoms with van der Waals surface area (Å²) in [5, 5.41) is 0. The Morgan fingerprint density at radius 2 is 1.67 bits per heavy atom. The highest BCUT2D eigenvalue weighted by Gasteiger charge is 2.82. The number of halogens is 3. The third-order valence-electron chi connectivity index (χ3n) is 4.81. The highest BCUT2D eigenvalue weighted by atomic mass is 32.2. The smallest absolute Gasteiger partial charge is 0.341 e. The molecular weight excluding hydrogens is 417 g/mol. The van der Waals surface area contributed by atoms with Crippen molar-refractivity contribution in [1.82, 2.24) is 0 Å². The molecule has 1 aliphatic heterocycles. The van der Waals surface area contributed by atoms with Crippen LogP contribution in [0.1, 0.15) is 41.5 Å². The van der Waals surface area contributed by atoms with Crippen LogP contribution in [0.5, 0.6) is 0 Å². The van der Waals surface area contributed by atoms with Crippen molar-refractivity contribution in [2.45, 2.75) is 68.7 Å². The quantitative estimate of drug-likeness (QED) is 0.489. The Morgan fingerprint density at radius 3 is 2.10 bits per heavy atom. The minimum Gasteiger partial charge on any atom is -0.341 e. The topological polar surface area (TPSA) is 52.6 Å². The number of rotatable bonds is 4. The average molecular weight is 445 g/mol. The van der Waals surface area contributed by atoms with E-state index in [9.17, 15) is 21.6 Å². The molecule has 4 nitrogen and oxygen atoms in total. The van der Waals surface area contributed by atoms with Crippen LogP contribution in [0.15, 0.2) is 47.4 Å². The van der Waals surface area contributed by atoms with Crippen LogP contribution in [0.2, 0.25) is 0 Å². The number of benzene rings is 1. The average Bonchev–Trinajstić information content (AvgIpc) is 2.78. The van der Waals surface area contributed by atoms with Crippen molar-refractivity contribution in [1.29, 1.82) is 0 Å². The molecular formula is C22H27F3O4S. The largest absolute Gasteiger partial charge is 0.446 e. The van der Waals surface area contributed by atoms with E-state index in [1.165, 1.54) is 45.0 Å². The summed E-state index contributed by atoms with van der Waals surface area (Å²) in [5.74, 6) is 1.58. The lowest BCUT2D eigenvalue weighted by molar-refractivity contribution is -0.384. The maximum atomic E-state index is 14.7. The lowest BCUT2D eigenvalue weighted by Gasteiger charge is -2.41. The van der Waals surface area contributed by atoms with E-state index in [-0.39, 0.29) is 10.5 Å². The monoisotopic (exact) mass is 444 g/mol. The van der Waals surface area contributed by atoms with E-state index in [1.807, 2.05) is 0 Å². The third kappa shape index (κ3) is 3.57. The summed E-state index contributed by atoms with van der Waals surface area (Å²) < 4.78 is 79.4. The molecule has 0 spiro atoms.